The van der Waals surface area contributed by atoms with Gasteiger partial charge in [-0.15, -0.1) is 0 Å². The maximum Gasteiger partial charge on any atom is 0.153 e. The molecule has 4 aromatic rings. The zero-order valence-electron chi connectivity index (χ0n) is 14.6. The van der Waals surface area contributed by atoms with Crippen molar-refractivity contribution in [3.63, 3.8) is 0 Å². The maximum atomic E-state index is 13.3. The van der Waals surface area contributed by atoms with Crippen molar-refractivity contribution in [1.29, 1.82) is 0 Å². The quantitative estimate of drug-likeness (QED) is 0.382. The molecule has 27 heavy (non-hydrogen) atoms. The summed E-state index contributed by atoms with van der Waals surface area (Å²) in [7, 11) is 0. The molecule has 0 aliphatic rings. The molecular weight excluding hydrogens is 456 g/mol. The van der Waals surface area contributed by atoms with Crippen molar-refractivity contribution < 1.29 is 4.39 Å². The third-order valence-corrected chi connectivity index (χ3v) is 5.09. The highest BCUT2D eigenvalue weighted by Gasteiger charge is 2.18. The zero-order chi connectivity index (χ0) is 18.8. The van der Waals surface area contributed by atoms with Crippen LogP contribution >= 0.6 is 22.6 Å². The van der Waals surface area contributed by atoms with Crippen LogP contribution in [0.5, 0.6) is 0 Å². The van der Waals surface area contributed by atoms with Crippen molar-refractivity contribution in [3.8, 4) is 0 Å². The summed E-state index contributed by atoms with van der Waals surface area (Å²) in [6, 6.07) is 14.5. The molecule has 7 heteroatoms. The van der Waals surface area contributed by atoms with E-state index >= 15 is 0 Å². The first kappa shape index (κ1) is 17.8. The predicted molar refractivity (Wildman–Crippen MR) is 113 cm³/mol. The molecule has 0 unspecified atom stereocenters. The second kappa shape index (κ2) is 7.59. The Bertz CT molecular complexity index is 1060. The Hall–Kier alpha value is -2.55. The van der Waals surface area contributed by atoms with E-state index in [2.05, 4.69) is 45.0 Å². The van der Waals surface area contributed by atoms with Crippen LogP contribution in [-0.2, 0) is 0 Å². The van der Waals surface area contributed by atoms with E-state index in [1.807, 2.05) is 24.3 Å². The summed E-state index contributed by atoms with van der Waals surface area (Å²) in [5, 5.41) is 11.2. The molecule has 0 bridgehead atoms. The number of nitrogens with one attached hydrogen (secondary N) is 2. The third-order valence-electron chi connectivity index (χ3n) is 4.42. The van der Waals surface area contributed by atoms with Crippen molar-refractivity contribution in [2.75, 3.05) is 5.32 Å². The van der Waals surface area contributed by atoms with Crippen LogP contribution < -0.4 is 5.32 Å². The van der Waals surface area contributed by atoms with Gasteiger partial charge in [0.2, 0.25) is 0 Å². The van der Waals surface area contributed by atoms with E-state index in [1.54, 1.807) is 18.3 Å². The highest BCUT2D eigenvalue weighted by molar-refractivity contribution is 14.1. The second-order valence-electron chi connectivity index (χ2n) is 6.19. The molecule has 2 N–H and O–H groups in total. The number of rotatable bonds is 5. The molecule has 0 radical (unpaired) electrons. The highest BCUT2D eigenvalue weighted by Crippen LogP contribution is 2.31. The molecule has 0 saturated carbocycles. The van der Waals surface area contributed by atoms with Crippen LogP contribution in [0.2, 0.25) is 0 Å². The van der Waals surface area contributed by atoms with Crippen LogP contribution in [0.4, 0.5) is 16.0 Å². The first-order valence-electron chi connectivity index (χ1n) is 8.63. The van der Waals surface area contributed by atoms with Gasteiger partial charge < -0.3 is 5.32 Å². The number of benzene rings is 2. The maximum absolute atomic E-state index is 13.3. The molecular formula is C20H17FIN5. The third kappa shape index (κ3) is 3.78. The summed E-state index contributed by atoms with van der Waals surface area (Å²) in [5.74, 6) is 1.83. The molecule has 0 spiro atoms. The number of hydrogen-bond acceptors (Lipinski definition) is 4. The van der Waals surface area contributed by atoms with Gasteiger partial charge in [-0.2, -0.15) is 5.10 Å². The van der Waals surface area contributed by atoms with Crippen molar-refractivity contribution in [2.45, 2.75) is 19.3 Å². The fourth-order valence-electron chi connectivity index (χ4n) is 3.09. The van der Waals surface area contributed by atoms with Gasteiger partial charge in [-0.05, 0) is 64.9 Å². The Morgan fingerprint density at radius 2 is 1.93 bits per heavy atom. The number of hydrogen-bond donors (Lipinski definition) is 2. The van der Waals surface area contributed by atoms with Crippen LogP contribution in [0.3, 0.4) is 0 Å². The van der Waals surface area contributed by atoms with Crippen LogP contribution in [0.25, 0.3) is 10.9 Å². The summed E-state index contributed by atoms with van der Waals surface area (Å²) in [6.07, 6.45) is 2.56. The van der Waals surface area contributed by atoms with Crippen molar-refractivity contribution in [2.24, 2.45) is 0 Å². The number of anilines is 2. The van der Waals surface area contributed by atoms with E-state index in [0.717, 1.165) is 26.5 Å². The van der Waals surface area contributed by atoms with Gasteiger partial charge in [0, 0.05) is 27.1 Å². The fraction of sp³-hybridized carbons (Fsp3) is 0.150. The Labute approximate surface area is 169 Å². The van der Waals surface area contributed by atoms with Gasteiger partial charge in [-0.1, -0.05) is 19.1 Å². The van der Waals surface area contributed by atoms with Gasteiger partial charge in [0.25, 0.3) is 0 Å². The van der Waals surface area contributed by atoms with Gasteiger partial charge in [0.05, 0.1) is 5.52 Å². The van der Waals surface area contributed by atoms with Crippen LogP contribution in [0.15, 0.2) is 54.7 Å². The second-order valence-corrected chi connectivity index (χ2v) is 7.43. The molecule has 1 atom stereocenters. The normalized spacial score (nSPS) is 12.3. The molecule has 2 aromatic carbocycles. The number of H-pyrrole nitrogens is 1. The van der Waals surface area contributed by atoms with Crippen molar-refractivity contribution >= 4 is 45.1 Å². The Morgan fingerprint density at radius 3 is 2.63 bits per heavy atom. The molecule has 0 saturated heterocycles. The topological polar surface area (TPSA) is 66.5 Å². The summed E-state index contributed by atoms with van der Waals surface area (Å²) in [4.78, 5) is 9.62. The van der Waals surface area contributed by atoms with Gasteiger partial charge in [0.15, 0.2) is 5.82 Å². The summed E-state index contributed by atoms with van der Waals surface area (Å²) in [5.41, 5.74) is 1.86. The first-order chi connectivity index (χ1) is 13.1. The van der Waals surface area contributed by atoms with Crippen molar-refractivity contribution in [1.82, 2.24) is 20.2 Å². The minimum atomic E-state index is -0.247. The van der Waals surface area contributed by atoms with Gasteiger partial charge in [0.1, 0.15) is 17.5 Å². The number of aromatic nitrogens is 4. The number of fused-ring (bicyclic) bond motifs is 1. The van der Waals surface area contributed by atoms with Crippen LogP contribution in [-0.4, -0.2) is 20.2 Å². The molecule has 0 aliphatic heterocycles. The molecule has 4 rings (SSSR count). The minimum Gasteiger partial charge on any atom is -0.323 e. The summed E-state index contributed by atoms with van der Waals surface area (Å²) >= 11 is 2.28. The molecule has 2 aromatic heterocycles. The highest BCUT2D eigenvalue weighted by atomic mass is 127. The largest absolute Gasteiger partial charge is 0.323 e. The van der Waals surface area contributed by atoms with E-state index in [4.69, 9.17) is 9.97 Å². The Morgan fingerprint density at radius 1 is 1.11 bits per heavy atom. The van der Waals surface area contributed by atoms with Gasteiger partial charge in [-0.25, -0.2) is 14.4 Å². The van der Waals surface area contributed by atoms with Crippen LogP contribution in [0, 0.1) is 9.39 Å². The van der Waals surface area contributed by atoms with Gasteiger partial charge >= 0.3 is 0 Å². The molecule has 0 aliphatic carbocycles. The minimum absolute atomic E-state index is 0.0207. The smallest absolute Gasteiger partial charge is 0.153 e. The Kier molecular flexibility index (Phi) is 5.02. The molecule has 0 amide bonds. The standard InChI is InChI=1S/C20H17FIN5/c1-2-15(12-3-5-13(21)6-4-12)19-24-17-11-14(22)7-8-16(17)20(26-19)25-18-9-10-23-27-18/h3-11,15H,2H2,1H3,(H2,23,24,25,26,27)/t15-/m1/s1. The Balaban J connectivity index is 1.85. The molecule has 5 nitrogen and oxygen atoms in total. The van der Waals surface area contributed by atoms with E-state index in [9.17, 15) is 4.39 Å². The van der Waals surface area contributed by atoms with E-state index < -0.39 is 0 Å². The molecule has 0 fully saturated rings. The van der Waals surface area contributed by atoms with Crippen molar-refractivity contribution in [3.05, 3.63) is 75.5 Å². The van der Waals surface area contributed by atoms with E-state index in [0.29, 0.717) is 17.5 Å². The van der Waals surface area contributed by atoms with E-state index in [-0.39, 0.29) is 11.7 Å². The predicted octanol–water partition coefficient (Wildman–Crippen LogP) is 5.38. The lowest BCUT2D eigenvalue weighted by Gasteiger charge is -2.17. The lowest BCUT2D eigenvalue weighted by Crippen LogP contribution is -2.08. The number of halogens is 2. The average molecular weight is 473 g/mol. The first-order valence-corrected chi connectivity index (χ1v) is 9.71. The monoisotopic (exact) mass is 473 g/mol. The lowest BCUT2D eigenvalue weighted by molar-refractivity contribution is 0.625. The van der Waals surface area contributed by atoms with Gasteiger partial charge in [-0.3, -0.25) is 5.10 Å². The summed E-state index contributed by atoms with van der Waals surface area (Å²) in [6.45, 7) is 2.08. The molecule has 2 heterocycles. The number of nitrogens with zero attached hydrogens (tertiary/aromatic N) is 3. The molecule has 136 valence electrons. The average Bonchev–Trinajstić information content (AvgIpc) is 3.16. The SMILES string of the molecule is CC[C@H](c1ccc(F)cc1)c1nc(Nc2cc[nH]n2)c2ccc(I)cc2n1. The summed E-state index contributed by atoms with van der Waals surface area (Å²) < 4.78 is 14.4. The lowest BCUT2D eigenvalue weighted by atomic mass is 9.95. The van der Waals surface area contributed by atoms with E-state index in [1.165, 1.54) is 12.1 Å². The number of aromatic amines is 1. The van der Waals surface area contributed by atoms with Crippen LogP contribution in [0.1, 0.15) is 30.7 Å². The zero-order valence-corrected chi connectivity index (χ0v) is 16.7. The fourth-order valence-corrected chi connectivity index (χ4v) is 3.56.